The van der Waals surface area contributed by atoms with Crippen LogP contribution in [0.1, 0.15) is 30.9 Å². The van der Waals surface area contributed by atoms with Gasteiger partial charge >= 0.3 is 0 Å². The molecule has 0 radical (unpaired) electrons. The van der Waals surface area contributed by atoms with Crippen molar-refractivity contribution in [3.63, 3.8) is 0 Å². The van der Waals surface area contributed by atoms with E-state index in [0.29, 0.717) is 5.82 Å². The van der Waals surface area contributed by atoms with Crippen LogP contribution in [0.3, 0.4) is 0 Å². The molecule has 0 bridgehead atoms. The van der Waals surface area contributed by atoms with Gasteiger partial charge in [0.2, 0.25) is 0 Å². The second-order valence-electron chi connectivity index (χ2n) is 6.00. The minimum Gasteiger partial charge on any atom is -0.392 e. The molecule has 7 heteroatoms. The first kappa shape index (κ1) is 16.4. The molecule has 6 nitrogen and oxygen atoms in total. The maximum absolute atomic E-state index is 13.4. The highest BCUT2D eigenvalue weighted by Crippen LogP contribution is 2.67. The van der Waals surface area contributed by atoms with Crippen LogP contribution in [0.4, 0.5) is 0 Å². The number of aromatic amines is 1. The summed E-state index contributed by atoms with van der Waals surface area (Å²) in [4.78, 5) is 7.75. The number of aliphatic hydroxyl groups is 1. The number of benzene rings is 1. The number of allylic oxidation sites excluding steroid dienone is 1. The molecule has 4 atom stereocenters. The summed E-state index contributed by atoms with van der Waals surface area (Å²) in [6, 6.07) is 5.56. The van der Waals surface area contributed by atoms with Crippen LogP contribution in [0.2, 0.25) is 0 Å². The van der Waals surface area contributed by atoms with Gasteiger partial charge in [0.05, 0.1) is 23.7 Å². The van der Waals surface area contributed by atoms with E-state index in [9.17, 15) is 9.67 Å². The second-order valence-corrected chi connectivity index (χ2v) is 8.53. The first-order chi connectivity index (χ1) is 10.9. The van der Waals surface area contributed by atoms with Gasteiger partial charge in [-0.15, -0.1) is 6.58 Å². The van der Waals surface area contributed by atoms with Crippen molar-refractivity contribution in [3.05, 3.63) is 42.2 Å². The van der Waals surface area contributed by atoms with Crippen molar-refractivity contribution in [1.29, 1.82) is 0 Å². The highest BCUT2D eigenvalue weighted by molar-refractivity contribution is 7.57. The Morgan fingerprint density at radius 3 is 2.87 bits per heavy atom. The monoisotopic (exact) mass is 335 g/mol. The highest BCUT2D eigenvalue weighted by atomic mass is 31.2. The number of hydrogen-bond acceptors (Lipinski definition) is 4. The summed E-state index contributed by atoms with van der Waals surface area (Å²) < 4.78 is 21.1. The first-order valence-corrected chi connectivity index (χ1v) is 9.28. The van der Waals surface area contributed by atoms with E-state index in [1.807, 2.05) is 39.1 Å². The van der Waals surface area contributed by atoms with Gasteiger partial charge in [0.25, 0.3) is 7.52 Å². The SMILES string of the molecule is C=CC(c1nc2ccc(CO)cc2[nH]1)P1(=O)O[C@@H](C)C(C)N1C. The van der Waals surface area contributed by atoms with Crippen molar-refractivity contribution < 1.29 is 14.2 Å². The highest BCUT2D eigenvalue weighted by Gasteiger charge is 2.49. The van der Waals surface area contributed by atoms with Gasteiger partial charge in [-0.3, -0.25) is 4.57 Å². The lowest BCUT2D eigenvalue weighted by Crippen LogP contribution is -2.26. The van der Waals surface area contributed by atoms with Gasteiger partial charge in [-0.2, -0.15) is 0 Å². The van der Waals surface area contributed by atoms with Crippen LogP contribution in [0.25, 0.3) is 11.0 Å². The van der Waals surface area contributed by atoms with E-state index in [1.54, 1.807) is 10.7 Å². The maximum atomic E-state index is 13.4. The number of fused-ring (bicyclic) bond motifs is 1. The quantitative estimate of drug-likeness (QED) is 0.662. The molecular weight excluding hydrogens is 313 g/mol. The molecule has 3 rings (SSSR count). The summed E-state index contributed by atoms with van der Waals surface area (Å²) in [5, 5.41) is 9.24. The molecule has 2 aromatic rings. The van der Waals surface area contributed by atoms with E-state index < -0.39 is 13.2 Å². The number of nitrogens with one attached hydrogen (secondary N) is 1. The van der Waals surface area contributed by atoms with E-state index in [-0.39, 0.29) is 18.8 Å². The average molecular weight is 335 g/mol. The van der Waals surface area contributed by atoms with Crippen molar-refractivity contribution >= 4 is 18.6 Å². The normalized spacial score (nSPS) is 29.9. The molecule has 0 aliphatic carbocycles. The number of aliphatic hydroxyl groups excluding tert-OH is 1. The molecule has 23 heavy (non-hydrogen) atoms. The topological polar surface area (TPSA) is 78.5 Å². The van der Waals surface area contributed by atoms with E-state index in [4.69, 9.17) is 4.52 Å². The van der Waals surface area contributed by atoms with E-state index in [1.165, 1.54) is 0 Å². The van der Waals surface area contributed by atoms with Crippen LogP contribution in [0, 0.1) is 0 Å². The minimum atomic E-state index is -3.11. The number of H-pyrrole nitrogens is 1. The third-order valence-corrected chi connectivity index (χ3v) is 7.66. The summed E-state index contributed by atoms with van der Waals surface area (Å²) in [6.45, 7) is 7.72. The Hall–Kier alpha value is -1.46. The smallest absolute Gasteiger partial charge is 0.287 e. The van der Waals surface area contributed by atoms with Crippen molar-refractivity contribution in [2.75, 3.05) is 7.05 Å². The zero-order chi connectivity index (χ0) is 16.8. The van der Waals surface area contributed by atoms with Crippen molar-refractivity contribution in [3.8, 4) is 0 Å². The molecule has 1 aromatic heterocycles. The molecule has 0 spiro atoms. The lowest BCUT2D eigenvalue weighted by atomic mass is 10.2. The maximum Gasteiger partial charge on any atom is 0.287 e. The van der Waals surface area contributed by atoms with Gasteiger partial charge in [-0.1, -0.05) is 12.1 Å². The fourth-order valence-corrected chi connectivity index (χ4v) is 5.65. The van der Waals surface area contributed by atoms with Crippen LogP contribution < -0.4 is 0 Å². The Bertz CT molecular complexity index is 788. The molecule has 0 saturated carbocycles. The lowest BCUT2D eigenvalue weighted by molar-refractivity contribution is 0.226. The Morgan fingerprint density at radius 2 is 2.30 bits per heavy atom. The summed E-state index contributed by atoms with van der Waals surface area (Å²) in [7, 11) is -1.29. The molecule has 1 aromatic carbocycles. The Labute approximate surface area is 135 Å². The lowest BCUT2D eigenvalue weighted by Gasteiger charge is -2.25. The Balaban J connectivity index is 2.04. The molecule has 3 unspecified atom stereocenters. The van der Waals surface area contributed by atoms with E-state index in [0.717, 1.165) is 16.6 Å². The van der Waals surface area contributed by atoms with E-state index in [2.05, 4.69) is 16.5 Å². The fraction of sp³-hybridized carbons (Fsp3) is 0.438. The first-order valence-electron chi connectivity index (χ1n) is 7.64. The van der Waals surface area contributed by atoms with E-state index >= 15 is 0 Å². The van der Waals surface area contributed by atoms with Crippen LogP contribution in [-0.4, -0.2) is 38.9 Å². The third kappa shape index (κ3) is 2.56. The predicted molar refractivity (Wildman–Crippen MR) is 90.3 cm³/mol. The molecular formula is C16H22N3O3P. The predicted octanol–water partition coefficient (Wildman–Crippen LogP) is 3.21. The summed E-state index contributed by atoms with van der Waals surface area (Å²) in [5.74, 6) is 0.571. The van der Waals surface area contributed by atoms with Crippen molar-refractivity contribution in [2.24, 2.45) is 0 Å². The van der Waals surface area contributed by atoms with Crippen molar-refractivity contribution in [2.45, 2.75) is 38.3 Å². The molecule has 2 N–H and O–H groups in total. The molecule has 124 valence electrons. The number of hydrogen-bond donors (Lipinski definition) is 2. The molecule has 1 aliphatic heterocycles. The van der Waals surface area contributed by atoms with Gasteiger partial charge in [-0.05, 0) is 38.6 Å². The zero-order valence-corrected chi connectivity index (χ0v) is 14.5. The molecule has 1 aliphatic rings. The van der Waals surface area contributed by atoms with Gasteiger partial charge in [0.15, 0.2) is 0 Å². The number of imidazole rings is 1. The summed E-state index contributed by atoms with van der Waals surface area (Å²) >= 11 is 0. The fourth-order valence-electron chi connectivity index (χ4n) is 2.93. The number of likely N-dealkylation sites (N-methyl/N-ethyl adjacent to an activating group) is 1. The van der Waals surface area contributed by atoms with Gasteiger partial charge in [0, 0.05) is 6.04 Å². The molecule has 0 amide bonds. The summed E-state index contributed by atoms with van der Waals surface area (Å²) in [6.07, 6.45) is 1.52. The van der Waals surface area contributed by atoms with Gasteiger partial charge in [0.1, 0.15) is 11.5 Å². The Kier molecular flexibility index (Phi) is 4.19. The third-order valence-electron chi connectivity index (χ3n) is 4.63. The van der Waals surface area contributed by atoms with Crippen molar-refractivity contribution in [1.82, 2.24) is 14.6 Å². The van der Waals surface area contributed by atoms with Crippen LogP contribution in [-0.2, 0) is 15.7 Å². The largest absolute Gasteiger partial charge is 0.392 e. The number of nitrogens with zero attached hydrogens (tertiary/aromatic N) is 2. The zero-order valence-electron chi connectivity index (χ0n) is 13.6. The number of rotatable bonds is 4. The molecule has 1 saturated heterocycles. The molecule has 2 heterocycles. The van der Waals surface area contributed by atoms with Gasteiger partial charge < -0.3 is 14.6 Å². The van der Waals surface area contributed by atoms with Gasteiger partial charge in [-0.25, -0.2) is 9.65 Å². The number of aromatic nitrogens is 2. The van der Waals surface area contributed by atoms with Crippen LogP contribution in [0.5, 0.6) is 0 Å². The minimum absolute atomic E-state index is 0.0332. The summed E-state index contributed by atoms with van der Waals surface area (Å²) in [5.41, 5.74) is 1.84. The molecule has 1 fully saturated rings. The van der Waals surface area contributed by atoms with Crippen LogP contribution in [0.15, 0.2) is 30.9 Å². The Morgan fingerprint density at radius 1 is 1.57 bits per heavy atom. The standard InChI is InChI=1S/C16H22N3O3P/c1-5-15(23(21)19(4)10(2)11(3)22-23)16-17-13-7-6-12(9-20)8-14(13)18-16/h5-8,10-11,15,20H,1,9H2,2-4H3,(H,17,18)/t10?,11-,15?,23?/m0/s1. The average Bonchev–Trinajstić information content (AvgIpc) is 3.03. The second kappa shape index (κ2) is 5.87. The van der Waals surface area contributed by atoms with Crippen LogP contribution >= 0.6 is 7.52 Å².